The number of hydrogen-bond donors (Lipinski definition) is 2. The van der Waals surface area contributed by atoms with Crippen LogP contribution in [-0.2, 0) is 6.18 Å². The molecule has 0 bridgehead atoms. The highest BCUT2D eigenvalue weighted by Crippen LogP contribution is 2.31. The fourth-order valence-electron chi connectivity index (χ4n) is 2.29. The summed E-state index contributed by atoms with van der Waals surface area (Å²) in [5.74, 6) is 0.524. The molecular weight excluding hydrogens is 343 g/mol. The molecule has 8 heteroatoms. The normalized spacial score (nSPS) is 11.3. The van der Waals surface area contributed by atoms with Crippen molar-refractivity contribution in [3.05, 3.63) is 65.4 Å². The van der Waals surface area contributed by atoms with Crippen LogP contribution in [0.3, 0.4) is 0 Å². The summed E-state index contributed by atoms with van der Waals surface area (Å²) in [6.07, 6.45) is -3.07. The molecule has 2 N–H and O–H groups in total. The molecule has 5 nitrogen and oxygen atoms in total. The molecule has 3 rings (SSSR count). The van der Waals surface area contributed by atoms with E-state index in [1.807, 2.05) is 32.0 Å². The second kappa shape index (κ2) is 6.99. The van der Waals surface area contributed by atoms with Crippen LogP contribution in [0, 0.1) is 13.8 Å². The number of anilines is 4. The van der Waals surface area contributed by atoms with Gasteiger partial charge in [0.05, 0.1) is 11.8 Å². The van der Waals surface area contributed by atoms with Crippen molar-refractivity contribution in [2.75, 3.05) is 10.6 Å². The Balaban J connectivity index is 1.78. The van der Waals surface area contributed by atoms with Gasteiger partial charge in [0.2, 0.25) is 5.95 Å². The standard InChI is InChI=1S/C18H16F3N5/c1-11-6-7-15(8-12(11)2)24-17-25-16(10-22-26-17)23-14-5-3-4-13(9-14)18(19,20)21/h3-10H,1-2H3,(H2,23,24,25,26). The number of hydrogen-bond acceptors (Lipinski definition) is 5. The molecular formula is C18H16F3N5. The summed E-state index contributed by atoms with van der Waals surface area (Å²) in [5.41, 5.74) is 2.59. The highest BCUT2D eigenvalue weighted by molar-refractivity contribution is 5.60. The first-order valence-electron chi connectivity index (χ1n) is 7.79. The quantitative estimate of drug-likeness (QED) is 0.687. The Kier molecular flexibility index (Phi) is 4.75. The van der Waals surface area contributed by atoms with Crippen LogP contribution >= 0.6 is 0 Å². The van der Waals surface area contributed by atoms with Crippen LogP contribution in [0.2, 0.25) is 0 Å². The molecule has 0 unspecified atom stereocenters. The number of aryl methyl sites for hydroxylation is 2. The molecule has 1 heterocycles. The Morgan fingerprint density at radius 2 is 1.65 bits per heavy atom. The first-order chi connectivity index (χ1) is 12.3. The van der Waals surface area contributed by atoms with Crippen LogP contribution in [0.15, 0.2) is 48.7 Å². The van der Waals surface area contributed by atoms with E-state index in [0.717, 1.165) is 28.9 Å². The fourth-order valence-corrected chi connectivity index (χ4v) is 2.29. The van der Waals surface area contributed by atoms with Gasteiger partial charge in [0, 0.05) is 11.4 Å². The van der Waals surface area contributed by atoms with Crippen molar-refractivity contribution in [1.29, 1.82) is 0 Å². The van der Waals surface area contributed by atoms with E-state index in [0.29, 0.717) is 0 Å². The molecule has 0 saturated heterocycles. The van der Waals surface area contributed by atoms with E-state index in [2.05, 4.69) is 25.8 Å². The van der Waals surface area contributed by atoms with Crippen molar-refractivity contribution in [3.8, 4) is 0 Å². The zero-order chi connectivity index (χ0) is 18.7. The van der Waals surface area contributed by atoms with E-state index in [-0.39, 0.29) is 17.5 Å². The van der Waals surface area contributed by atoms with Crippen LogP contribution in [-0.4, -0.2) is 15.2 Å². The second-order valence-corrected chi connectivity index (χ2v) is 5.79. The molecule has 0 atom stereocenters. The number of nitrogens with zero attached hydrogens (tertiary/aromatic N) is 3. The van der Waals surface area contributed by atoms with Gasteiger partial charge < -0.3 is 10.6 Å². The van der Waals surface area contributed by atoms with E-state index in [9.17, 15) is 13.2 Å². The molecule has 26 heavy (non-hydrogen) atoms. The van der Waals surface area contributed by atoms with Crippen molar-refractivity contribution >= 4 is 23.1 Å². The maximum absolute atomic E-state index is 12.8. The second-order valence-electron chi connectivity index (χ2n) is 5.79. The summed E-state index contributed by atoms with van der Waals surface area (Å²) in [7, 11) is 0. The molecule has 1 aromatic heterocycles. The SMILES string of the molecule is Cc1ccc(Nc2nncc(Nc3cccc(C(F)(F)F)c3)n2)cc1C. The largest absolute Gasteiger partial charge is 0.416 e. The molecule has 0 aliphatic carbocycles. The summed E-state index contributed by atoms with van der Waals surface area (Å²) < 4.78 is 38.4. The maximum atomic E-state index is 12.8. The first kappa shape index (κ1) is 17.7. The smallest absolute Gasteiger partial charge is 0.339 e. The Hall–Kier alpha value is -3.16. The number of benzene rings is 2. The van der Waals surface area contributed by atoms with Crippen molar-refractivity contribution in [3.63, 3.8) is 0 Å². The van der Waals surface area contributed by atoms with Crippen molar-refractivity contribution in [2.24, 2.45) is 0 Å². The topological polar surface area (TPSA) is 62.7 Å². The molecule has 0 spiro atoms. The molecule has 0 aliphatic heterocycles. The third-order valence-electron chi connectivity index (χ3n) is 3.78. The average molecular weight is 359 g/mol. The molecule has 2 aromatic carbocycles. The van der Waals surface area contributed by atoms with Crippen LogP contribution in [0.4, 0.5) is 36.3 Å². The van der Waals surface area contributed by atoms with Gasteiger partial charge in [-0.15, -0.1) is 5.10 Å². The molecule has 0 fully saturated rings. The lowest BCUT2D eigenvalue weighted by molar-refractivity contribution is -0.137. The minimum Gasteiger partial charge on any atom is -0.339 e. The number of halogens is 3. The lowest BCUT2D eigenvalue weighted by Gasteiger charge is -2.11. The monoisotopic (exact) mass is 359 g/mol. The Morgan fingerprint density at radius 3 is 2.38 bits per heavy atom. The summed E-state index contributed by atoms with van der Waals surface area (Å²) >= 11 is 0. The van der Waals surface area contributed by atoms with Crippen molar-refractivity contribution in [1.82, 2.24) is 15.2 Å². The predicted molar refractivity (Wildman–Crippen MR) is 93.8 cm³/mol. The summed E-state index contributed by atoms with van der Waals surface area (Å²) in [6, 6.07) is 10.7. The minimum atomic E-state index is -4.41. The number of rotatable bonds is 4. The molecule has 0 radical (unpaired) electrons. The van der Waals surface area contributed by atoms with Crippen LogP contribution in [0.1, 0.15) is 16.7 Å². The maximum Gasteiger partial charge on any atom is 0.416 e. The molecule has 134 valence electrons. The third kappa shape index (κ3) is 4.27. The number of aromatic nitrogens is 3. The van der Waals surface area contributed by atoms with Crippen molar-refractivity contribution < 1.29 is 13.2 Å². The number of nitrogens with one attached hydrogen (secondary N) is 2. The van der Waals surface area contributed by atoms with Gasteiger partial charge in [0.25, 0.3) is 0 Å². The average Bonchev–Trinajstić information content (AvgIpc) is 2.58. The van der Waals surface area contributed by atoms with Gasteiger partial charge in [-0.25, -0.2) is 0 Å². The number of alkyl halides is 3. The van der Waals surface area contributed by atoms with E-state index in [1.165, 1.54) is 18.3 Å². The van der Waals surface area contributed by atoms with Crippen LogP contribution in [0.5, 0.6) is 0 Å². The van der Waals surface area contributed by atoms with E-state index < -0.39 is 11.7 Å². The van der Waals surface area contributed by atoms with E-state index >= 15 is 0 Å². The summed E-state index contributed by atoms with van der Waals surface area (Å²) in [5, 5.41) is 13.6. The molecule has 0 saturated carbocycles. The van der Waals surface area contributed by atoms with Gasteiger partial charge in [-0.2, -0.15) is 23.3 Å². The summed E-state index contributed by atoms with van der Waals surface area (Å²) in [4.78, 5) is 4.23. The Labute approximate surface area is 148 Å². The van der Waals surface area contributed by atoms with Gasteiger partial charge in [-0.05, 0) is 55.3 Å². The Morgan fingerprint density at radius 1 is 0.885 bits per heavy atom. The van der Waals surface area contributed by atoms with Gasteiger partial charge in [-0.3, -0.25) is 0 Å². The van der Waals surface area contributed by atoms with Gasteiger partial charge in [0.15, 0.2) is 5.82 Å². The highest BCUT2D eigenvalue weighted by Gasteiger charge is 2.30. The highest BCUT2D eigenvalue weighted by atomic mass is 19.4. The zero-order valence-corrected chi connectivity index (χ0v) is 14.1. The van der Waals surface area contributed by atoms with Gasteiger partial charge in [-0.1, -0.05) is 12.1 Å². The summed E-state index contributed by atoms with van der Waals surface area (Å²) in [6.45, 7) is 4.00. The van der Waals surface area contributed by atoms with Gasteiger partial charge >= 0.3 is 6.18 Å². The minimum absolute atomic E-state index is 0.241. The molecule has 3 aromatic rings. The zero-order valence-electron chi connectivity index (χ0n) is 14.1. The third-order valence-corrected chi connectivity index (χ3v) is 3.78. The predicted octanol–water partition coefficient (Wildman–Crippen LogP) is 4.99. The lowest BCUT2D eigenvalue weighted by atomic mass is 10.1. The van der Waals surface area contributed by atoms with E-state index in [4.69, 9.17) is 0 Å². The molecule has 0 amide bonds. The first-order valence-corrected chi connectivity index (χ1v) is 7.79. The van der Waals surface area contributed by atoms with Crippen molar-refractivity contribution in [2.45, 2.75) is 20.0 Å². The lowest BCUT2D eigenvalue weighted by Crippen LogP contribution is -2.06. The fraction of sp³-hybridized carbons (Fsp3) is 0.167. The molecule has 0 aliphatic rings. The van der Waals surface area contributed by atoms with Crippen LogP contribution in [0.25, 0.3) is 0 Å². The van der Waals surface area contributed by atoms with E-state index in [1.54, 1.807) is 0 Å². The van der Waals surface area contributed by atoms with Gasteiger partial charge in [0.1, 0.15) is 0 Å². The Bertz CT molecular complexity index is 925. The van der Waals surface area contributed by atoms with Crippen LogP contribution < -0.4 is 10.6 Å².